The molecule has 0 fully saturated rings. The van der Waals surface area contributed by atoms with E-state index in [0.717, 1.165) is 19.3 Å². The predicted octanol–water partition coefficient (Wildman–Crippen LogP) is 0.777. The number of hydrogen-bond acceptors (Lipinski definition) is 2. The summed E-state index contributed by atoms with van der Waals surface area (Å²) in [6.45, 7) is 2.56. The second-order valence-corrected chi connectivity index (χ2v) is 2.51. The third-order valence-corrected chi connectivity index (χ3v) is 1.42. The van der Waals surface area contributed by atoms with Gasteiger partial charge in [-0.2, -0.15) is 0 Å². The largest absolute Gasteiger partial charge is 0.396 e. The molecular formula is C7H16O2. The lowest BCUT2D eigenvalue weighted by molar-refractivity contribution is 0.220. The van der Waals surface area contributed by atoms with Gasteiger partial charge in [0.15, 0.2) is 0 Å². The fourth-order valence-corrected chi connectivity index (χ4v) is 0.696. The molecular weight excluding hydrogens is 116 g/mol. The molecule has 0 bridgehead atoms. The lowest BCUT2D eigenvalue weighted by Gasteiger charge is -2.04. The Labute approximate surface area is 56.5 Å². The number of hydrogen-bond donors (Lipinski definition) is 2. The maximum Gasteiger partial charge on any atom is 0.0456 e. The lowest BCUT2D eigenvalue weighted by atomic mass is 10.1. The van der Waals surface area contributed by atoms with Gasteiger partial charge in [-0.15, -0.1) is 0 Å². The van der Waals surface area contributed by atoms with Gasteiger partial charge in [-0.1, -0.05) is 13.3 Å². The van der Waals surface area contributed by atoms with Crippen LogP contribution in [0.15, 0.2) is 0 Å². The first-order chi connectivity index (χ1) is 4.31. The highest BCUT2D eigenvalue weighted by molar-refractivity contribution is 4.49. The van der Waals surface area contributed by atoms with Crippen molar-refractivity contribution in [3.05, 3.63) is 0 Å². The predicted molar refractivity (Wildman–Crippen MR) is 37.2 cm³/mol. The third kappa shape index (κ3) is 5.80. The molecule has 0 rings (SSSR count). The summed E-state index contributed by atoms with van der Waals surface area (Å²) in [5.41, 5.74) is 0. The molecule has 2 heteroatoms. The van der Waals surface area contributed by atoms with Gasteiger partial charge in [-0.25, -0.2) is 0 Å². The number of unbranched alkanes of at least 4 members (excludes halogenated alkanes) is 1. The Kier molecular flexibility index (Phi) is 5.99. The quantitative estimate of drug-likeness (QED) is 0.543. The van der Waals surface area contributed by atoms with Gasteiger partial charge >= 0.3 is 0 Å². The zero-order valence-electron chi connectivity index (χ0n) is 6.01. The van der Waals surface area contributed by atoms with Crippen molar-refractivity contribution in [3.8, 4) is 0 Å². The summed E-state index contributed by atoms with van der Waals surface area (Å²) in [6, 6.07) is 0. The summed E-state index contributed by atoms with van der Waals surface area (Å²) in [5, 5.41) is 17.0. The van der Waals surface area contributed by atoms with E-state index in [9.17, 15) is 0 Å². The molecule has 9 heavy (non-hydrogen) atoms. The standard InChI is InChI=1S/C7H16O2/c1-7(6-9)4-2-3-5-8/h7-9H,2-6H2,1H3/t7-/m1/s1. The Morgan fingerprint density at radius 3 is 2.33 bits per heavy atom. The maximum atomic E-state index is 8.57. The first-order valence-electron chi connectivity index (χ1n) is 3.53. The summed E-state index contributed by atoms with van der Waals surface area (Å²) in [5.74, 6) is 0.400. The normalized spacial score (nSPS) is 13.7. The summed E-state index contributed by atoms with van der Waals surface area (Å²) in [6.07, 6.45) is 2.92. The number of aliphatic hydroxyl groups excluding tert-OH is 2. The van der Waals surface area contributed by atoms with Crippen LogP contribution in [0.5, 0.6) is 0 Å². The van der Waals surface area contributed by atoms with Crippen molar-refractivity contribution in [1.82, 2.24) is 0 Å². The molecule has 0 aliphatic carbocycles. The van der Waals surface area contributed by atoms with Crippen molar-refractivity contribution in [3.63, 3.8) is 0 Å². The molecule has 2 N–H and O–H groups in total. The van der Waals surface area contributed by atoms with Crippen LogP contribution in [0.25, 0.3) is 0 Å². The van der Waals surface area contributed by atoms with Gasteiger partial charge in [-0.05, 0) is 18.8 Å². The van der Waals surface area contributed by atoms with E-state index in [-0.39, 0.29) is 13.2 Å². The number of aliphatic hydroxyl groups is 2. The first-order valence-corrected chi connectivity index (χ1v) is 3.53. The van der Waals surface area contributed by atoms with E-state index < -0.39 is 0 Å². The summed E-state index contributed by atoms with van der Waals surface area (Å²) in [4.78, 5) is 0. The van der Waals surface area contributed by atoms with Crippen molar-refractivity contribution in [2.75, 3.05) is 13.2 Å². The molecule has 0 heterocycles. The molecule has 0 saturated heterocycles. The molecule has 0 aromatic carbocycles. The first kappa shape index (κ1) is 8.92. The van der Waals surface area contributed by atoms with Crippen LogP contribution in [0, 0.1) is 5.92 Å². The molecule has 0 amide bonds. The average molecular weight is 132 g/mol. The highest BCUT2D eigenvalue weighted by atomic mass is 16.3. The molecule has 0 aliphatic heterocycles. The molecule has 0 spiro atoms. The summed E-state index contributed by atoms with van der Waals surface area (Å²) in [7, 11) is 0. The van der Waals surface area contributed by atoms with Crippen LogP contribution in [-0.4, -0.2) is 23.4 Å². The van der Waals surface area contributed by atoms with Gasteiger partial charge in [-0.3, -0.25) is 0 Å². The lowest BCUT2D eigenvalue weighted by Crippen LogP contribution is -2.00. The summed E-state index contributed by atoms with van der Waals surface area (Å²) >= 11 is 0. The van der Waals surface area contributed by atoms with Crippen LogP contribution in [0.4, 0.5) is 0 Å². The molecule has 0 unspecified atom stereocenters. The van der Waals surface area contributed by atoms with Crippen LogP contribution >= 0.6 is 0 Å². The topological polar surface area (TPSA) is 40.5 Å². The van der Waals surface area contributed by atoms with Crippen LogP contribution in [0.3, 0.4) is 0 Å². The average Bonchev–Trinajstić information content (AvgIpc) is 1.89. The molecule has 56 valence electrons. The van der Waals surface area contributed by atoms with Crippen LogP contribution < -0.4 is 0 Å². The number of rotatable bonds is 5. The van der Waals surface area contributed by atoms with Crippen LogP contribution in [0.1, 0.15) is 26.2 Å². The van der Waals surface area contributed by atoms with E-state index in [1.807, 2.05) is 6.92 Å². The molecule has 1 atom stereocenters. The van der Waals surface area contributed by atoms with Gasteiger partial charge in [0.05, 0.1) is 0 Å². The Balaban J connectivity index is 2.88. The van der Waals surface area contributed by atoms with E-state index in [2.05, 4.69) is 0 Å². The maximum absolute atomic E-state index is 8.57. The minimum absolute atomic E-state index is 0.269. The second-order valence-electron chi connectivity index (χ2n) is 2.51. The minimum Gasteiger partial charge on any atom is -0.396 e. The van der Waals surface area contributed by atoms with Crippen molar-refractivity contribution in [1.29, 1.82) is 0 Å². The van der Waals surface area contributed by atoms with Gasteiger partial charge in [0, 0.05) is 13.2 Å². The molecule has 0 aromatic rings. The highest BCUT2D eigenvalue weighted by Gasteiger charge is 1.97. The monoisotopic (exact) mass is 132 g/mol. The third-order valence-electron chi connectivity index (χ3n) is 1.42. The fraction of sp³-hybridized carbons (Fsp3) is 1.00. The van der Waals surface area contributed by atoms with Crippen molar-refractivity contribution in [2.24, 2.45) is 5.92 Å². The van der Waals surface area contributed by atoms with Crippen molar-refractivity contribution >= 4 is 0 Å². The second kappa shape index (κ2) is 6.05. The zero-order valence-corrected chi connectivity index (χ0v) is 6.01. The summed E-state index contributed by atoms with van der Waals surface area (Å²) < 4.78 is 0. The fourth-order valence-electron chi connectivity index (χ4n) is 0.696. The Bertz CT molecular complexity index is 54.9. The Morgan fingerprint density at radius 1 is 1.22 bits per heavy atom. The van der Waals surface area contributed by atoms with E-state index in [1.54, 1.807) is 0 Å². The molecule has 2 nitrogen and oxygen atoms in total. The van der Waals surface area contributed by atoms with E-state index >= 15 is 0 Å². The van der Waals surface area contributed by atoms with Gasteiger partial charge in [0.1, 0.15) is 0 Å². The molecule has 0 aliphatic rings. The molecule has 0 aromatic heterocycles. The van der Waals surface area contributed by atoms with Gasteiger partial charge in [0.2, 0.25) is 0 Å². The van der Waals surface area contributed by atoms with E-state index in [1.165, 1.54) is 0 Å². The Hall–Kier alpha value is -0.0800. The van der Waals surface area contributed by atoms with E-state index in [0.29, 0.717) is 5.92 Å². The van der Waals surface area contributed by atoms with Crippen molar-refractivity contribution in [2.45, 2.75) is 26.2 Å². The Morgan fingerprint density at radius 2 is 1.89 bits per heavy atom. The van der Waals surface area contributed by atoms with Crippen LogP contribution in [-0.2, 0) is 0 Å². The van der Waals surface area contributed by atoms with Crippen molar-refractivity contribution < 1.29 is 10.2 Å². The highest BCUT2D eigenvalue weighted by Crippen LogP contribution is 2.05. The van der Waals surface area contributed by atoms with E-state index in [4.69, 9.17) is 10.2 Å². The zero-order chi connectivity index (χ0) is 7.11. The minimum atomic E-state index is 0.269. The molecule has 0 radical (unpaired) electrons. The van der Waals surface area contributed by atoms with Gasteiger partial charge in [0.25, 0.3) is 0 Å². The molecule has 0 saturated carbocycles. The SMILES string of the molecule is C[C@@H](CO)CCCCO. The van der Waals surface area contributed by atoms with Gasteiger partial charge < -0.3 is 10.2 Å². The smallest absolute Gasteiger partial charge is 0.0456 e. The van der Waals surface area contributed by atoms with Crippen LogP contribution in [0.2, 0.25) is 0 Å².